The second-order valence-electron chi connectivity index (χ2n) is 7.00. The highest BCUT2D eigenvalue weighted by molar-refractivity contribution is 6.62. The predicted molar refractivity (Wildman–Crippen MR) is 85.8 cm³/mol. The van der Waals surface area contributed by atoms with Crippen molar-refractivity contribution < 1.29 is 14.1 Å². The molecule has 0 radical (unpaired) electrons. The summed E-state index contributed by atoms with van der Waals surface area (Å²) in [4.78, 5) is 12.2. The summed E-state index contributed by atoms with van der Waals surface area (Å²) in [7, 11) is -0.443. The third-order valence-electron chi connectivity index (χ3n) is 4.79. The third kappa shape index (κ3) is 2.78. The molecule has 2 heterocycles. The van der Waals surface area contributed by atoms with Gasteiger partial charge in [0.15, 0.2) is 0 Å². The van der Waals surface area contributed by atoms with Gasteiger partial charge in [0, 0.05) is 18.7 Å². The van der Waals surface area contributed by atoms with E-state index in [0.717, 1.165) is 25.0 Å². The van der Waals surface area contributed by atoms with Crippen molar-refractivity contribution in [1.29, 1.82) is 0 Å². The minimum Gasteiger partial charge on any atom is -0.399 e. The SMILES string of the molecule is CC1(C)OB(c2cccc(C(=O)NN3CCC3)c2)OC1(C)C. The van der Waals surface area contributed by atoms with Gasteiger partial charge in [-0.1, -0.05) is 12.1 Å². The van der Waals surface area contributed by atoms with E-state index in [-0.39, 0.29) is 17.1 Å². The zero-order chi connectivity index (χ0) is 16.0. The summed E-state index contributed by atoms with van der Waals surface area (Å²) in [5.41, 5.74) is 3.63. The van der Waals surface area contributed by atoms with Gasteiger partial charge in [-0.25, -0.2) is 5.01 Å². The summed E-state index contributed by atoms with van der Waals surface area (Å²) < 4.78 is 12.1. The molecular weight excluding hydrogens is 279 g/mol. The zero-order valence-corrected chi connectivity index (χ0v) is 13.7. The maximum absolute atomic E-state index is 12.2. The van der Waals surface area contributed by atoms with Crippen molar-refractivity contribution in [1.82, 2.24) is 10.4 Å². The Kier molecular flexibility index (Phi) is 3.79. The smallest absolute Gasteiger partial charge is 0.399 e. The van der Waals surface area contributed by atoms with Crippen molar-refractivity contribution in [3.8, 4) is 0 Å². The molecule has 0 atom stereocenters. The Labute approximate surface area is 132 Å². The van der Waals surface area contributed by atoms with E-state index in [0.29, 0.717) is 5.56 Å². The topological polar surface area (TPSA) is 50.8 Å². The molecule has 1 aromatic rings. The van der Waals surface area contributed by atoms with E-state index in [4.69, 9.17) is 9.31 Å². The van der Waals surface area contributed by atoms with Crippen LogP contribution in [-0.4, -0.2) is 42.3 Å². The second kappa shape index (κ2) is 5.37. The molecular formula is C16H23BN2O3. The average Bonchev–Trinajstić information content (AvgIpc) is 2.63. The van der Waals surface area contributed by atoms with Crippen LogP contribution in [0.2, 0.25) is 0 Å². The molecule has 118 valence electrons. The number of benzene rings is 1. The highest BCUT2D eigenvalue weighted by atomic mass is 16.7. The largest absolute Gasteiger partial charge is 0.494 e. The normalized spacial score (nSPS) is 23.2. The van der Waals surface area contributed by atoms with Crippen molar-refractivity contribution in [2.24, 2.45) is 0 Å². The van der Waals surface area contributed by atoms with E-state index < -0.39 is 7.12 Å². The Balaban J connectivity index is 1.75. The van der Waals surface area contributed by atoms with Gasteiger partial charge >= 0.3 is 7.12 Å². The van der Waals surface area contributed by atoms with Crippen LogP contribution in [-0.2, 0) is 9.31 Å². The number of hydrogen-bond acceptors (Lipinski definition) is 4. The van der Waals surface area contributed by atoms with Crippen LogP contribution in [0, 0.1) is 0 Å². The van der Waals surface area contributed by atoms with Crippen LogP contribution in [0.4, 0.5) is 0 Å². The van der Waals surface area contributed by atoms with Crippen LogP contribution in [0.1, 0.15) is 44.5 Å². The fraction of sp³-hybridized carbons (Fsp3) is 0.562. The number of carbonyl (C=O) groups is 1. The van der Waals surface area contributed by atoms with Gasteiger partial charge in [-0.15, -0.1) is 0 Å². The fourth-order valence-corrected chi connectivity index (χ4v) is 2.44. The number of nitrogens with zero attached hydrogens (tertiary/aromatic N) is 1. The van der Waals surface area contributed by atoms with Crippen LogP contribution < -0.4 is 10.9 Å². The van der Waals surface area contributed by atoms with E-state index in [2.05, 4.69) is 5.43 Å². The third-order valence-corrected chi connectivity index (χ3v) is 4.79. The Bertz CT molecular complexity index is 569. The monoisotopic (exact) mass is 302 g/mol. The number of carbonyl (C=O) groups excluding carboxylic acids is 1. The summed E-state index contributed by atoms with van der Waals surface area (Å²) in [5, 5.41) is 1.92. The van der Waals surface area contributed by atoms with Crippen molar-refractivity contribution >= 4 is 18.5 Å². The van der Waals surface area contributed by atoms with E-state index in [1.807, 2.05) is 57.0 Å². The van der Waals surface area contributed by atoms with Gasteiger partial charge in [0.25, 0.3) is 5.91 Å². The van der Waals surface area contributed by atoms with Crippen LogP contribution in [0.3, 0.4) is 0 Å². The highest BCUT2D eigenvalue weighted by Crippen LogP contribution is 2.36. The van der Waals surface area contributed by atoms with E-state index in [1.54, 1.807) is 0 Å². The Morgan fingerprint density at radius 1 is 1.18 bits per heavy atom. The van der Waals surface area contributed by atoms with Crippen molar-refractivity contribution in [2.45, 2.75) is 45.3 Å². The second-order valence-corrected chi connectivity index (χ2v) is 7.00. The van der Waals surface area contributed by atoms with E-state index >= 15 is 0 Å². The summed E-state index contributed by atoms with van der Waals surface area (Å²) in [6.07, 6.45) is 1.13. The van der Waals surface area contributed by atoms with Gasteiger partial charge in [-0.05, 0) is 51.7 Å². The summed E-state index contributed by atoms with van der Waals surface area (Å²) in [5.74, 6) is -0.0851. The molecule has 1 aromatic carbocycles. The molecule has 6 heteroatoms. The molecule has 0 saturated carbocycles. The fourth-order valence-electron chi connectivity index (χ4n) is 2.44. The van der Waals surface area contributed by atoms with Gasteiger partial charge in [0.1, 0.15) is 0 Å². The van der Waals surface area contributed by atoms with Crippen molar-refractivity contribution in [2.75, 3.05) is 13.1 Å². The van der Waals surface area contributed by atoms with Crippen LogP contribution in [0.25, 0.3) is 0 Å². The van der Waals surface area contributed by atoms with Gasteiger partial charge < -0.3 is 9.31 Å². The first kappa shape index (κ1) is 15.5. The molecule has 0 unspecified atom stereocenters. The molecule has 2 saturated heterocycles. The molecule has 22 heavy (non-hydrogen) atoms. The Morgan fingerprint density at radius 3 is 2.36 bits per heavy atom. The van der Waals surface area contributed by atoms with Crippen LogP contribution in [0.5, 0.6) is 0 Å². The summed E-state index contributed by atoms with van der Waals surface area (Å²) in [6.45, 7) is 9.92. The van der Waals surface area contributed by atoms with E-state index in [9.17, 15) is 4.79 Å². The van der Waals surface area contributed by atoms with Gasteiger partial charge in [-0.2, -0.15) is 0 Å². The predicted octanol–water partition coefficient (Wildman–Crippen LogP) is 1.34. The maximum Gasteiger partial charge on any atom is 0.494 e. The standard InChI is InChI=1S/C16H23BN2O3/c1-15(2)16(3,4)22-17(21-15)13-8-5-7-12(11-13)14(20)18-19-9-6-10-19/h5,7-8,11H,6,9-10H2,1-4H3,(H,18,20). The number of amides is 1. The van der Waals surface area contributed by atoms with Crippen molar-refractivity contribution in [3.63, 3.8) is 0 Å². The summed E-state index contributed by atoms with van der Waals surface area (Å²) in [6, 6.07) is 7.45. The summed E-state index contributed by atoms with van der Waals surface area (Å²) >= 11 is 0. The first-order chi connectivity index (χ1) is 10.3. The average molecular weight is 302 g/mol. The molecule has 0 spiro atoms. The minimum atomic E-state index is -0.443. The number of rotatable bonds is 3. The lowest BCUT2D eigenvalue weighted by Gasteiger charge is -2.32. The van der Waals surface area contributed by atoms with Crippen molar-refractivity contribution in [3.05, 3.63) is 29.8 Å². The first-order valence-corrected chi connectivity index (χ1v) is 7.80. The molecule has 3 rings (SSSR count). The Hall–Kier alpha value is -1.37. The molecule has 2 fully saturated rings. The van der Waals surface area contributed by atoms with Crippen LogP contribution >= 0.6 is 0 Å². The molecule has 0 aromatic heterocycles. The molecule has 2 aliphatic heterocycles. The van der Waals surface area contributed by atoms with Gasteiger partial charge in [0.05, 0.1) is 11.2 Å². The number of hydrazine groups is 1. The lowest BCUT2D eigenvalue weighted by molar-refractivity contribution is 0.00578. The first-order valence-electron chi connectivity index (χ1n) is 7.80. The molecule has 0 bridgehead atoms. The number of nitrogens with one attached hydrogen (secondary N) is 1. The molecule has 2 aliphatic rings. The molecule has 1 amide bonds. The van der Waals surface area contributed by atoms with Crippen LogP contribution in [0.15, 0.2) is 24.3 Å². The Morgan fingerprint density at radius 2 is 1.82 bits per heavy atom. The number of hydrogen-bond donors (Lipinski definition) is 1. The van der Waals surface area contributed by atoms with E-state index in [1.165, 1.54) is 0 Å². The van der Waals surface area contributed by atoms with Gasteiger partial charge in [-0.3, -0.25) is 10.2 Å². The maximum atomic E-state index is 12.2. The molecule has 1 N–H and O–H groups in total. The quantitative estimate of drug-likeness (QED) is 0.856. The zero-order valence-electron chi connectivity index (χ0n) is 13.7. The van der Waals surface area contributed by atoms with Gasteiger partial charge in [0.2, 0.25) is 0 Å². The lowest BCUT2D eigenvalue weighted by Crippen LogP contribution is -2.50. The lowest BCUT2D eigenvalue weighted by atomic mass is 9.78. The minimum absolute atomic E-state index is 0.0851. The highest BCUT2D eigenvalue weighted by Gasteiger charge is 2.51. The molecule has 0 aliphatic carbocycles. The molecule has 5 nitrogen and oxygen atoms in total.